The molecule has 4 rings (SSSR count). The number of ether oxygens (including phenoxy) is 4. The number of anilines is 1. The number of aryl methyl sites for hydroxylation is 1. The lowest BCUT2D eigenvalue weighted by molar-refractivity contribution is 0.103. The van der Waals surface area contributed by atoms with Crippen molar-refractivity contribution in [3.05, 3.63) is 47.8 Å². The number of nitrogens with one attached hydrogen (secondary N) is 1. The zero-order valence-corrected chi connectivity index (χ0v) is 19.3. The fourth-order valence-electron chi connectivity index (χ4n) is 3.87. The van der Waals surface area contributed by atoms with E-state index in [1.54, 1.807) is 56.5 Å². The Balaban J connectivity index is 2.01. The minimum absolute atomic E-state index is 0.265. The van der Waals surface area contributed by atoms with Crippen LogP contribution in [0.15, 0.2) is 41.1 Å². The fraction of sp³-hybridized carbons (Fsp3) is 0.250. The zero-order valence-electron chi connectivity index (χ0n) is 19.3. The van der Waals surface area contributed by atoms with Crippen molar-refractivity contribution in [2.24, 2.45) is 7.05 Å². The molecule has 0 atom stereocenters. The summed E-state index contributed by atoms with van der Waals surface area (Å²) in [5.41, 5.74) is 2.58. The maximum atomic E-state index is 13.9. The molecule has 0 radical (unpaired) electrons. The van der Waals surface area contributed by atoms with Crippen LogP contribution in [0.3, 0.4) is 0 Å². The summed E-state index contributed by atoms with van der Waals surface area (Å²) in [6.45, 7) is 0. The highest BCUT2D eigenvalue weighted by molar-refractivity contribution is 6.21. The quantitative estimate of drug-likeness (QED) is 0.399. The van der Waals surface area contributed by atoms with Gasteiger partial charge in [0.2, 0.25) is 5.75 Å². The van der Waals surface area contributed by atoms with Gasteiger partial charge in [0.25, 0.3) is 0 Å². The molecule has 0 saturated heterocycles. The number of carbonyl (C=O) groups excluding carboxylic acids is 1. The third-order valence-corrected chi connectivity index (χ3v) is 5.41. The van der Waals surface area contributed by atoms with Crippen LogP contribution in [0.1, 0.15) is 15.9 Å². The van der Waals surface area contributed by atoms with Crippen molar-refractivity contribution in [3.63, 3.8) is 0 Å². The maximum absolute atomic E-state index is 13.9. The number of methoxy groups -OCH3 is 4. The lowest BCUT2D eigenvalue weighted by Crippen LogP contribution is -2.05. The van der Waals surface area contributed by atoms with Crippen molar-refractivity contribution < 1.29 is 28.2 Å². The van der Waals surface area contributed by atoms with Crippen LogP contribution in [0, 0.1) is 0 Å². The number of fused-ring (bicyclic) bond motifs is 1. The largest absolute Gasteiger partial charge is 0.494 e. The van der Waals surface area contributed by atoms with E-state index in [2.05, 4.69) is 10.4 Å². The zero-order chi connectivity index (χ0) is 23.7. The van der Waals surface area contributed by atoms with Crippen LogP contribution in [-0.4, -0.2) is 51.1 Å². The highest BCUT2D eigenvalue weighted by atomic mass is 16.5. The first-order valence-corrected chi connectivity index (χ1v) is 10.1. The third-order valence-electron chi connectivity index (χ3n) is 5.41. The second kappa shape index (κ2) is 8.78. The summed E-state index contributed by atoms with van der Waals surface area (Å²) in [4.78, 5) is 13.9. The predicted octanol–water partition coefficient (Wildman–Crippen LogP) is 4.14. The molecule has 33 heavy (non-hydrogen) atoms. The topological polar surface area (TPSA) is 97.0 Å². The third kappa shape index (κ3) is 3.61. The summed E-state index contributed by atoms with van der Waals surface area (Å²) in [5, 5.41) is 7.99. The Kier molecular flexibility index (Phi) is 5.87. The molecule has 9 nitrogen and oxygen atoms in total. The van der Waals surface area contributed by atoms with E-state index >= 15 is 0 Å². The first kappa shape index (κ1) is 22.1. The number of furan rings is 1. The fourth-order valence-corrected chi connectivity index (χ4v) is 3.87. The second-order valence-electron chi connectivity index (χ2n) is 7.22. The molecule has 0 aliphatic carbocycles. The van der Waals surface area contributed by atoms with Crippen LogP contribution < -0.4 is 24.3 Å². The molecular weight excluding hydrogens is 426 g/mol. The summed E-state index contributed by atoms with van der Waals surface area (Å²) >= 11 is 0. The summed E-state index contributed by atoms with van der Waals surface area (Å²) in [7, 11) is 9.67. The minimum atomic E-state index is -0.265. The molecule has 1 N–H and O–H groups in total. The van der Waals surface area contributed by atoms with Crippen molar-refractivity contribution in [3.8, 4) is 34.3 Å². The van der Waals surface area contributed by atoms with Crippen molar-refractivity contribution in [1.82, 2.24) is 9.78 Å². The number of hydrogen-bond donors (Lipinski definition) is 1. The average molecular weight is 451 g/mol. The Labute approximate surface area is 190 Å². The molecule has 0 aliphatic heterocycles. The number of ketones is 1. The predicted molar refractivity (Wildman–Crippen MR) is 124 cm³/mol. The van der Waals surface area contributed by atoms with Crippen molar-refractivity contribution in [2.75, 3.05) is 40.8 Å². The minimum Gasteiger partial charge on any atom is -0.494 e. The molecule has 2 aromatic carbocycles. The van der Waals surface area contributed by atoms with Crippen LogP contribution in [0.4, 0.5) is 5.69 Å². The van der Waals surface area contributed by atoms with Gasteiger partial charge in [0.05, 0.1) is 45.8 Å². The highest BCUT2D eigenvalue weighted by Crippen LogP contribution is 2.43. The van der Waals surface area contributed by atoms with Crippen LogP contribution in [0.2, 0.25) is 0 Å². The van der Waals surface area contributed by atoms with Gasteiger partial charge in [0, 0.05) is 31.2 Å². The molecule has 9 heteroatoms. The molecule has 0 amide bonds. The van der Waals surface area contributed by atoms with Gasteiger partial charge in [0.15, 0.2) is 22.9 Å². The smallest absolute Gasteiger partial charge is 0.203 e. The van der Waals surface area contributed by atoms with Crippen molar-refractivity contribution >= 4 is 22.4 Å². The molecule has 172 valence electrons. The van der Waals surface area contributed by atoms with Crippen molar-refractivity contribution in [1.29, 1.82) is 0 Å². The van der Waals surface area contributed by atoms with E-state index in [1.807, 2.05) is 6.07 Å². The summed E-state index contributed by atoms with van der Waals surface area (Å²) in [5.74, 6) is 1.91. The van der Waals surface area contributed by atoms with E-state index in [1.165, 1.54) is 21.3 Å². The van der Waals surface area contributed by atoms with E-state index in [-0.39, 0.29) is 5.78 Å². The molecule has 0 bridgehead atoms. The number of rotatable bonds is 8. The molecule has 0 fully saturated rings. The van der Waals surface area contributed by atoms with Gasteiger partial charge < -0.3 is 28.7 Å². The molecule has 0 spiro atoms. The maximum Gasteiger partial charge on any atom is 0.203 e. The molecule has 4 aromatic rings. The standard InChI is InChI=1S/C24H25N3O6/c1-25-20-16(29-3)8-7-15-19(22(33-23(15)20)14-11-26-27(2)12-14)21(28)13-9-17(30-4)24(32-6)18(10-13)31-5/h7-12,25H,1-6H3. The Bertz CT molecular complexity index is 1310. The van der Waals surface area contributed by atoms with E-state index in [4.69, 9.17) is 23.4 Å². The number of nitrogens with zero attached hydrogens (tertiary/aromatic N) is 2. The van der Waals surface area contributed by atoms with E-state index in [0.29, 0.717) is 62.1 Å². The Morgan fingerprint density at radius 2 is 1.67 bits per heavy atom. The van der Waals surface area contributed by atoms with Gasteiger partial charge in [-0.2, -0.15) is 5.10 Å². The SMILES string of the molecule is CNc1c(OC)ccc2c(C(=O)c3cc(OC)c(OC)c(OC)c3)c(-c3cnn(C)c3)oc12. The van der Waals surface area contributed by atoms with E-state index in [9.17, 15) is 4.79 Å². The number of benzene rings is 2. The van der Waals surface area contributed by atoms with Gasteiger partial charge in [-0.1, -0.05) is 0 Å². The van der Waals surface area contributed by atoms with Gasteiger partial charge in [-0.15, -0.1) is 0 Å². The van der Waals surface area contributed by atoms with Crippen LogP contribution in [0.5, 0.6) is 23.0 Å². The van der Waals surface area contributed by atoms with E-state index < -0.39 is 0 Å². The molecule has 0 aliphatic rings. The molecule has 2 heterocycles. The van der Waals surface area contributed by atoms with Gasteiger partial charge in [-0.3, -0.25) is 9.48 Å². The normalized spacial score (nSPS) is 10.8. The average Bonchev–Trinajstić information content (AvgIpc) is 3.45. The lowest BCUT2D eigenvalue weighted by atomic mass is 9.97. The lowest BCUT2D eigenvalue weighted by Gasteiger charge is -2.14. The Hall–Kier alpha value is -4.14. The Morgan fingerprint density at radius 1 is 1.00 bits per heavy atom. The first-order chi connectivity index (χ1) is 16.0. The molecule has 0 saturated carbocycles. The number of aromatic nitrogens is 2. The van der Waals surface area contributed by atoms with Gasteiger partial charge in [0.1, 0.15) is 17.2 Å². The summed E-state index contributed by atoms with van der Waals surface area (Å²) in [6.07, 6.45) is 3.44. The number of hydrogen-bond acceptors (Lipinski definition) is 8. The monoisotopic (exact) mass is 451 g/mol. The molecular formula is C24H25N3O6. The van der Waals surface area contributed by atoms with Crippen LogP contribution in [0.25, 0.3) is 22.3 Å². The molecule has 2 aromatic heterocycles. The second-order valence-corrected chi connectivity index (χ2v) is 7.22. The Morgan fingerprint density at radius 3 is 2.18 bits per heavy atom. The van der Waals surface area contributed by atoms with Crippen LogP contribution in [-0.2, 0) is 7.05 Å². The first-order valence-electron chi connectivity index (χ1n) is 10.1. The van der Waals surface area contributed by atoms with E-state index in [0.717, 1.165) is 0 Å². The molecule has 0 unspecified atom stereocenters. The summed E-state index contributed by atoms with van der Waals surface area (Å²) < 4.78 is 29.6. The van der Waals surface area contributed by atoms with Gasteiger partial charge in [-0.05, 0) is 24.3 Å². The van der Waals surface area contributed by atoms with Crippen molar-refractivity contribution in [2.45, 2.75) is 0 Å². The van der Waals surface area contributed by atoms with Gasteiger partial charge in [-0.25, -0.2) is 0 Å². The van der Waals surface area contributed by atoms with Gasteiger partial charge >= 0.3 is 0 Å². The number of carbonyl (C=O) groups is 1. The summed E-state index contributed by atoms with van der Waals surface area (Å²) in [6, 6.07) is 6.85. The highest BCUT2D eigenvalue weighted by Gasteiger charge is 2.28. The van der Waals surface area contributed by atoms with Crippen LogP contribution >= 0.6 is 0 Å².